The molecular weight excluding hydrogens is 352 g/mol. The van der Waals surface area contributed by atoms with Crippen LogP contribution in [0.1, 0.15) is 46.3 Å². The summed E-state index contributed by atoms with van der Waals surface area (Å²) in [6.07, 6.45) is 7.39. The monoisotopic (exact) mass is 374 g/mol. The zero-order chi connectivity index (χ0) is 19.1. The van der Waals surface area contributed by atoms with Crippen molar-refractivity contribution in [1.29, 1.82) is 0 Å². The number of hydrogen-bond donors (Lipinski definition) is 2. The molecule has 2 aliphatic carbocycles. The van der Waals surface area contributed by atoms with Gasteiger partial charge in [-0.1, -0.05) is 6.07 Å². The van der Waals surface area contributed by atoms with E-state index in [0.717, 1.165) is 42.2 Å². The van der Waals surface area contributed by atoms with Crippen LogP contribution in [0.4, 0.5) is 5.69 Å². The number of fused-ring (bicyclic) bond motifs is 2. The molecule has 2 N–H and O–H groups in total. The molecule has 5 rings (SSSR count). The Balaban J connectivity index is 1.30. The highest BCUT2D eigenvalue weighted by molar-refractivity contribution is 5.98. The van der Waals surface area contributed by atoms with Crippen LogP contribution in [0.3, 0.4) is 0 Å². The van der Waals surface area contributed by atoms with Gasteiger partial charge in [0.2, 0.25) is 5.91 Å². The molecule has 28 heavy (non-hydrogen) atoms. The molecule has 0 unspecified atom stereocenters. The number of carbonyl (C=O) groups is 2. The average Bonchev–Trinajstić information content (AvgIpc) is 3.24. The quantitative estimate of drug-likeness (QED) is 0.709. The maximum Gasteiger partial charge on any atom is 0.251 e. The van der Waals surface area contributed by atoms with Crippen LogP contribution in [0, 0.1) is 0 Å². The summed E-state index contributed by atoms with van der Waals surface area (Å²) in [6.45, 7) is 0. The van der Waals surface area contributed by atoms with Crippen LogP contribution in [-0.2, 0) is 24.1 Å². The maximum absolute atomic E-state index is 12.6. The molecule has 0 atom stereocenters. The van der Waals surface area contributed by atoms with Gasteiger partial charge < -0.3 is 15.1 Å². The maximum atomic E-state index is 12.6. The summed E-state index contributed by atoms with van der Waals surface area (Å²) in [5.74, 6) is -0.212. The van der Waals surface area contributed by atoms with E-state index in [0.29, 0.717) is 17.3 Å². The predicted molar refractivity (Wildman–Crippen MR) is 108 cm³/mol. The van der Waals surface area contributed by atoms with Gasteiger partial charge in [-0.2, -0.15) is 0 Å². The summed E-state index contributed by atoms with van der Waals surface area (Å²) in [5.41, 5.74) is 5.66. The van der Waals surface area contributed by atoms with Gasteiger partial charge in [0.05, 0.1) is 12.7 Å². The van der Waals surface area contributed by atoms with Crippen molar-refractivity contribution in [2.24, 2.45) is 0 Å². The van der Waals surface area contributed by atoms with Gasteiger partial charge in [-0.15, -0.1) is 0 Å². The number of anilines is 1. The van der Waals surface area contributed by atoms with Crippen LogP contribution in [-0.4, -0.2) is 17.9 Å². The van der Waals surface area contributed by atoms with Gasteiger partial charge in [0.1, 0.15) is 5.58 Å². The Kier molecular flexibility index (Phi) is 4.15. The van der Waals surface area contributed by atoms with E-state index in [1.165, 1.54) is 17.5 Å². The van der Waals surface area contributed by atoms with Gasteiger partial charge in [0.15, 0.2) is 0 Å². The van der Waals surface area contributed by atoms with Crippen LogP contribution in [0.2, 0.25) is 0 Å². The molecule has 5 heteroatoms. The minimum absolute atomic E-state index is 0.0896. The number of aryl methyl sites for hydroxylation is 2. The molecule has 1 saturated carbocycles. The van der Waals surface area contributed by atoms with Gasteiger partial charge in [-0.05, 0) is 73.6 Å². The molecule has 142 valence electrons. The highest BCUT2D eigenvalue weighted by atomic mass is 16.3. The molecule has 1 aromatic heterocycles. The van der Waals surface area contributed by atoms with Gasteiger partial charge in [0, 0.05) is 28.2 Å². The predicted octanol–water partition coefficient (Wildman–Crippen LogP) is 3.99. The van der Waals surface area contributed by atoms with E-state index in [2.05, 4.69) is 22.8 Å². The molecule has 0 aliphatic heterocycles. The first-order valence-electron chi connectivity index (χ1n) is 9.88. The lowest BCUT2D eigenvalue weighted by Crippen LogP contribution is -2.25. The van der Waals surface area contributed by atoms with Crippen molar-refractivity contribution >= 4 is 28.5 Å². The van der Waals surface area contributed by atoms with Crippen LogP contribution in [0.25, 0.3) is 11.0 Å². The Labute approximate surface area is 163 Å². The summed E-state index contributed by atoms with van der Waals surface area (Å²) >= 11 is 0. The van der Waals surface area contributed by atoms with Crippen molar-refractivity contribution in [3.63, 3.8) is 0 Å². The van der Waals surface area contributed by atoms with E-state index in [4.69, 9.17) is 4.42 Å². The topological polar surface area (TPSA) is 71.3 Å². The molecule has 0 bridgehead atoms. The minimum Gasteiger partial charge on any atom is -0.464 e. The highest BCUT2D eigenvalue weighted by Crippen LogP contribution is 2.30. The van der Waals surface area contributed by atoms with Gasteiger partial charge in [-0.25, -0.2) is 0 Å². The average molecular weight is 374 g/mol. The van der Waals surface area contributed by atoms with Crippen molar-refractivity contribution in [2.75, 3.05) is 5.32 Å². The van der Waals surface area contributed by atoms with Crippen molar-refractivity contribution in [1.82, 2.24) is 5.32 Å². The summed E-state index contributed by atoms with van der Waals surface area (Å²) in [5, 5.41) is 6.89. The van der Waals surface area contributed by atoms with Gasteiger partial charge in [-0.3, -0.25) is 9.59 Å². The smallest absolute Gasteiger partial charge is 0.251 e. The second-order valence-electron chi connectivity index (χ2n) is 7.79. The molecule has 1 heterocycles. The van der Waals surface area contributed by atoms with Crippen LogP contribution < -0.4 is 10.6 Å². The third-order valence-corrected chi connectivity index (χ3v) is 5.54. The van der Waals surface area contributed by atoms with Crippen LogP contribution >= 0.6 is 0 Å². The largest absolute Gasteiger partial charge is 0.464 e. The molecule has 0 radical (unpaired) electrons. The number of amides is 2. The third kappa shape index (κ3) is 3.40. The van der Waals surface area contributed by atoms with E-state index in [1.54, 1.807) is 30.5 Å². The van der Waals surface area contributed by atoms with Crippen LogP contribution in [0.5, 0.6) is 0 Å². The zero-order valence-electron chi connectivity index (χ0n) is 15.6. The Hall–Kier alpha value is -3.08. The van der Waals surface area contributed by atoms with Gasteiger partial charge >= 0.3 is 0 Å². The molecule has 5 nitrogen and oxygen atoms in total. The first kappa shape index (κ1) is 17.0. The summed E-state index contributed by atoms with van der Waals surface area (Å²) < 4.78 is 5.69. The molecule has 1 fully saturated rings. The van der Waals surface area contributed by atoms with Crippen molar-refractivity contribution in [2.45, 2.75) is 44.6 Å². The number of benzene rings is 2. The lowest BCUT2D eigenvalue weighted by atomic mass is 10.0. The molecule has 0 spiro atoms. The Morgan fingerprint density at radius 1 is 1.07 bits per heavy atom. The normalized spacial score (nSPS) is 15.4. The highest BCUT2D eigenvalue weighted by Gasteiger charge is 2.24. The molecule has 0 saturated heterocycles. The van der Waals surface area contributed by atoms with Crippen molar-refractivity contribution in [3.05, 3.63) is 64.9 Å². The lowest BCUT2D eigenvalue weighted by molar-refractivity contribution is -0.115. The SMILES string of the molecule is O=C(Cc1coc2cc3c(cc12)CCC3)Nc1cccc(C(=O)NC2CC2)c1. The fourth-order valence-corrected chi connectivity index (χ4v) is 3.90. The Morgan fingerprint density at radius 3 is 2.71 bits per heavy atom. The molecule has 3 aromatic rings. The molecule has 2 aromatic carbocycles. The van der Waals surface area contributed by atoms with Crippen LogP contribution in [0.15, 0.2) is 47.1 Å². The second-order valence-corrected chi connectivity index (χ2v) is 7.79. The van der Waals surface area contributed by atoms with Gasteiger partial charge in [0.25, 0.3) is 5.91 Å². The number of rotatable bonds is 5. The summed E-state index contributed by atoms with van der Waals surface area (Å²) in [6, 6.07) is 11.7. The van der Waals surface area contributed by atoms with E-state index in [9.17, 15) is 9.59 Å². The van der Waals surface area contributed by atoms with E-state index in [-0.39, 0.29) is 18.2 Å². The third-order valence-electron chi connectivity index (χ3n) is 5.54. The lowest BCUT2D eigenvalue weighted by Gasteiger charge is -2.08. The minimum atomic E-state index is -0.122. The Morgan fingerprint density at radius 2 is 1.89 bits per heavy atom. The number of hydrogen-bond acceptors (Lipinski definition) is 3. The van der Waals surface area contributed by atoms with Crippen molar-refractivity contribution < 1.29 is 14.0 Å². The first-order chi connectivity index (χ1) is 13.7. The summed E-state index contributed by atoms with van der Waals surface area (Å²) in [4.78, 5) is 24.8. The fraction of sp³-hybridized carbons (Fsp3) is 0.304. The first-order valence-corrected chi connectivity index (χ1v) is 9.88. The number of furan rings is 1. The van der Waals surface area contributed by atoms with E-state index < -0.39 is 0 Å². The Bertz CT molecular complexity index is 1080. The van der Waals surface area contributed by atoms with E-state index >= 15 is 0 Å². The zero-order valence-corrected chi connectivity index (χ0v) is 15.6. The standard InChI is InChI=1S/C23H22N2O3/c26-22(24-19-6-2-5-16(9-19)23(27)25-18-7-8-18)12-17-13-28-21-11-15-4-1-3-14(15)10-20(17)21/h2,5-6,9-11,13,18H,1,3-4,7-8,12H2,(H,24,26)(H,25,27). The number of nitrogens with one attached hydrogen (secondary N) is 2. The fourth-order valence-electron chi connectivity index (χ4n) is 3.90. The second kappa shape index (κ2) is 6.82. The number of carbonyl (C=O) groups excluding carboxylic acids is 2. The molecular formula is C23H22N2O3. The molecule has 2 aliphatic rings. The summed E-state index contributed by atoms with van der Waals surface area (Å²) in [7, 11) is 0. The molecule has 2 amide bonds. The van der Waals surface area contributed by atoms with E-state index in [1.807, 2.05) is 0 Å². The van der Waals surface area contributed by atoms with Crippen molar-refractivity contribution in [3.8, 4) is 0 Å².